The summed E-state index contributed by atoms with van der Waals surface area (Å²) in [5, 5.41) is 8.93. The Morgan fingerprint density at radius 1 is 1.21 bits per heavy atom. The molecule has 0 saturated heterocycles. The summed E-state index contributed by atoms with van der Waals surface area (Å²) in [6, 6.07) is 11.7. The molecule has 0 aliphatic carbocycles. The van der Waals surface area contributed by atoms with Crippen LogP contribution in [-0.2, 0) is 0 Å². The summed E-state index contributed by atoms with van der Waals surface area (Å²) in [5.41, 5.74) is 4.23. The molecule has 0 unspecified atom stereocenters. The van der Waals surface area contributed by atoms with E-state index in [4.69, 9.17) is 5.11 Å². The van der Waals surface area contributed by atoms with Gasteiger partial charge in [0.15, 0.2) is 5.69 Å². The van der Waals surface area contributed by atoms with Crippen LogP contribution in [0.25, 0.3) is 16.6 Å². The van der Waals surface area contributed by atoms with E-state index in [2.05, 4.69) is 11.1 Å². The molecule has 3 aromatic rings. The fraction of sp³-hybridized carbons (Fsp3) is 0.0667. The van der Waals surface area contributed by atoms with Crippen LogP contribution in [-0.4, -0.2) is 20.5 Å². The van der Waals surface area contributed by atoms with Crippen molar-refractivity contribution in [1.82, 2.24) is 9.38 Å². The molecule has 0 bridgehead atoms. The smallest absolute Gasteiger partial charge is 0.354 e. The third-order valence-corrected chi connectivity index (χ3v) is 3.06. The molecule has 2 aromatic heterocycles. The minimum Gasteiger partial charge on any atom is -0.477 e. The van der Waals surface area contributed by atoms with Gasteiger partial charge < -0.3 is 9.51 Å². The van der Waals surface area contributed by atoms with E-state index in [1.807, 2.05) is 41.8 Å². The zero-order valence-corrected chi connectivity index (χ0v) is 10.4. The summed E-state index contributed by atoms with van der Waals surface area (Å²) in [4.78, 5) is 14.8. The molecule has 4 nitrogen and oxygen atoms in total. The molecule has 1 aromatic carbocycles. The predicted molar refractivity (Wildman–Crippen MR) is 72.3 cm³/mol. The standard InChI is InChI=1S/C15H12N2O2/c1-10-3-2-4-11(5-10)12-6-13-7-14(15(18)19)16-9-17(13)8-12/h2-9H,1H3,(H,18,19). The number of aromatic nitrogens is 2. The molecule has 3 rings (SSSR count). The van der Waals surface area contributed by atoms with Crippen LogP contribution in [0.1, 0.15) is 16.1 Å². The van der Waals surface area contributed by atoms with Gasteiger partial charge in [-0.05, 0) is 24.6 Å². The van der Waals surface area contributed by atoms with Crippen LogP contribution in [0, 0.1) is 6.92 Å². The molecule has 94 valence electrons. The third-order valence-electron chi connectivity index (χ3n) is 3.06. The summed E-state index contributed by atoms with van der Waals surface area (Å²) in [6.07, 6.45) is 3.47. The van der Waals surface area contributed by atoms with Crippen LogP contribution in [0.5, 0.6) is 0 Å². The Morgan fingerprint density at radius 2 is 2.05 bits per heavy atom. The van der Waals surface area contributed by atoms with Crippen molar-refractivity contribution in [3.8, 4) is 11.1 Å². The molecule has 0 aliphatic rings. The first-order valence-corrected chi connectivity index (χ1v) is 5.91. The molecule has 0 radical (unpaired) electrons. The first-order valence-electron chi connectivity index (χ1n) is 5.91. The number of hydrogen-bond acceptors (Lipinski definition) is 2. The highest BCUT2D eigenvalue weighted by atomic mass is 16.4. The van der Waals surface area contributed by atoms with Crippen LogP contribution >= 0.6 is 0 Å². The third kappa shape index (κ3) is 2.08. The average Bonchev–Trinajstić information content (AvgIpc) is 2.81. The van der Waals surface area contributed by atoms with E-state index in [1.165, 1.54) is 11.9 Å². The van der Waals surface area contributed by atoms with Crippen molar-refractivity contribution < 1.29 is 9.90 Å². The minimum atomic E-state index is -1.01. The van der Waals surface area contributed by atoms with Gasteiger partial charge in [0.25, 0.3) is 0 Å². The van der Waals surface area contributed by atoms with E-state index in [0.29, 0.717) is 0 Å². The summed E-state index contributed by atoms with van der Waals surface area (Å²) in [7, 11) is 0. The molecule has 0 fully saturated rings. The Bertz CT molecular complexity index is 775. The van der Waals surface area contributed by atoms with Gasteiger partial charge in [0.1, 0.15) is 6.33 Å². The molecule has 0 aliphatic heterocycles. The van der Waals surface area contributed by atoms with E-state index >= 15 is 0 Å². The number of carboxylic acid groups (broad SMARTS) is 1. The van der Waals surface area contributed by atoms with Crippen LogP contribution < -0.4 is 0 Å². The first-order chi connectivity index (χ1) is 9.13. The van der Waals surface area contributed by atoms with Gasteiger partial charge in [-0.25, -0.2) is 9.78 Å². The fourth-order valence-electron chi connectivity index (χ4n) is 2.11. The average molecular weight is 252 g/mol. The molecule has 0 atom stereocenters. The Labute approximate surface area is 110 Å². The first kappa shape index (κ1) is 11.5. The van der Waals surface area contributed by atoms with Crippen LogP contribution in [0.4, 0.5) is 0 Å². The van der Waals surface area contributed by atoms with Crippen LogP contribution in [0.3, 0.4) is 0 Å². The van der Waals surface area contributed by atoms with E-state index in [-0.39, 0.29) is 5.69 Å². The van der Waals surface area contributed by atoms with Gasteiger partial charge in [0.05, 0.1) is 0 Å². The largest absolute Gasteiger partial charge is 0.477 e. The number of aryl methyl sites for hydroxylation is 1. The summed E-state index contributed by atoms with van der Waals surface area (Å²) in [6.45, 7) is 2.05. The lowest BCUT2D eigenvalue weighted by Crippen LogP contribution is -2.00. The number of carbonyl (C=O) groups is 1. The van der Waals surface area contributed by atoms with Crippen molar-refractivity contribution in [1.29, 1.82) is 0 Å². The molecular formula is C15H12N2O2. The number of carboxylic acids is 1. The Morgan fingerprint density at radius 3 is 2.79 bits per heavy atom. The maximum Gasteiger partial charge on any atom is 0.354 e. The van der Waals surface area contributed by atoms with Gasteiger partial charge in [-0.1, -0.05) is 29.8 Å². The Kier molecular flexibility index (Phi) is 2.56. The van der Waals surface area contributed by atoms with Gasteiger partial charge in [0.2, 0.25) is 0 Å². The zero-order valence-electron chi connectivity index (χ0n) is 10.4. The number of fused-ring (bicyclic) bond motifs is 1. The number of aromatic carboxylic acids is 1. The second-order valence-corrected chi connectivity index (χ2v) is 4.51. The van der Waals surface area contributed by atoms with E-state index < -0.39 is 5.97 Å². The number of rotatable bonds is 2. The molecule has 0 amide bonds. The van der Waals surface area contributed by atoms with Gasteiger partial charge >= 0.3 is 5.97 Å². The van der Waals surface area contributed by atoms with Crippen LogP contribution in [0.2, 0.25) is 0 Å². The molecule has 19 heavy (non-hydrogen) atoms. The van der Waals surface area contributed by atoms with Gasteiger partial charge in [-0.2, -0.15) is 0 Å². The van der Waals surface area contributed by atoms with Crippen molar-refractivity contribution in [2.75, 3.05) is 0 Å². The van der Waals surface area contributed by atoms with Crippen molar-refractivity contribution in [2.24, 2.45) is 0 Å². The van der Waals surface area contributed by atoms with Gasteiger partial charge in [-0.15, -0.1) is 0 Å². The number of nitrogens with zero attached hydrogens (tertiary/aromatic N) is 2. The summed E-state index contributed by atoms with van der Waals surface area (Å²) >= 11 is 0. The molecule has 4 heteroatoms. The number of hydrogen-bond donors (Lipinski definition) is 1. The fourth-order valence-corrected chi connectivity index (χ4v) is 2.11. The maximum absolute atomic E-state index is 10.9. The molecular weight excluding hydrogens is 240 g/mol. The van der Waals surface area contributed by atoms with Gasteiger partial charge in [0, 0.05) is 17.3 Å². The number of benzene rings is 1. The van der Waals surface area contributed by atoms with Crippen molar-refractivity contribution >= 4 is 11.5 Å². The van der Waals surface area contributed by atoms with E-state index in [9.17, 15) is 4.79 Å². The topological polar surface area (TPSA) is 54.6 Å². The van der Waals surface area contributed by atoms with E-state index in [1.54, 1.807) is 6.07 Å². The molecule has 0 saturated carbocycles. The lowest BCUT2D eigenvalue weighted by atomic mass is 10.1. The highest BCUT2D eigenvalue weighted by Gasteiger charge is 2.07. The van der Waals surface area contributed by atoms with Crippen molar-refractivity contribution in [2.45, 2.75) is 6.92 Å². The summed E-state index contributed by atoms with van der Waals surface area (Å²) < 4.78 is 1.82. The SMILES string of the molecule is Cc1cccc(-c2cc3cc(C(=O)O)ncn3c2)c1. The highest BCUT2D eigenvalue weighted by Crippen LogP contribution is 2.23. The second kappa shape index (κ2) is 4.24. The Balaban J connectivity index is 2.14. The van der Waals surface area contributed by atoms with Crippen molar-refractivity contribution in [3.63, 3.8) is 0 Å². The lowest BCUT2D eigenvalue weighted by molar-refractivity contribution is 0.0690. The quantitative estimate of drug-likeness (QED) is 0.762. The second-order valence-electron chi connectivity index (χ2n) is 4.51. The van der Waals surface area contributed by atoms with Crippen LogP contribution in [0.15, 0.2) is 48.9 Å². The maximum atomic E-state index is 10.9. The highest BCUT2D eigenvalue weighted by molar-refractivity contribution is 5.87. The normalized spacial score (nSPS) is 10.8. The van der Waals surface area contributed by atoms with Crippen molar-refractivity contribution in [3.05, 3.63) is 60.2 Å². The molecule has 2 heterocycles. The molecule has 0 spiro atoms. The predicted octanol–water partition coefficient (Wildman–Crippen LogP) is 3.01. The zero-order chi connectivity index (χ0) is 13.4. The van der Waals surface area contributed by atoms with E-state index in [0.717, 1.165) is 16.6 Å². The summed E-state index contributed by atoms with van der Waals surface area (Å²) in [5.74, 6) is -1.01. The Hall–Kier alpha value is -2.62. The van der Waals surface area contributed by atoms with Gasteiger partial charge in [-0.3, -0.25) is 0 Å². The monoisotopic (exact) mass is 252 g/mol. The minimum absolute atomic E-state index is 0.0568. The molecule has 1 N–H and O–H groups in total. The lowest BCUT2D eigenvalue weighted by Gasteiger charge is -1.98.